The van der Waals surface area contributed by atoms with Crippen LogP contribution in [0.15, 0.2) is 74.7 Å². The maximum atomic E-state index is 12.3. The highest BCUT2D eigenvalue weighted by molar-refractivity contribution is 9.10. The lowest BCUT2D eigenvalue weighted by Gasteiger charge is -2.11. The van der Waals surface area contributed by atoms with Gasteiger partial charge >= 0.3 is 5.91 Å². The van der Waals surface area contributed by atoms with Crippen LogP contribution in [-0.2, 0) is 6.61 Å². The molecule has 6 nitrogen and oxygen atoms in total. The highest BCUT2D eigenvalue weighted by atomic mass is 79.9. The monoisotopic (exact) mass is 541 g/mol. The van der Waals surface area contributed by atoms with E-state index in [0.717, 1.165) is 15.4 Å². The number of fused-ring (bicyclic) bond motifs is 1. The lowest BCUT2D eigenvalue weighted by molar-refractivity contribution is 0.0929. The molecule has 0 aliphatic heterocycles. The van der Waals surface area contributed by atoms with Gasteiger partial charge in [-0.3, -0.25) is 4.79 Å². The van der Waals surface area contributed by atoms with Gasteiger partial charge in [-0.1, -0.05) is 57.3 Å². The predicted molar refractivity (Wildman–Crippen MR) is 131 cm³/mol. The van der Waals surface area contributed by atoms with Crippen LogP contribution in [0.2, 0.25) is 10.0 Å². The van der Waals surface area contributed by atoms with E-state index in [2.05, 4.69) is 32.5 Å². The van der Waals surface area contributed by atoms with Gasteiger partial charge in [0, 0.05) is 15.4 Å². The van der Waals surface area contributed by atoms with Crippen LogP contribution in [-0.4, -0.2) is 12.1 Å². The van der Waals surface area contributed by atoms with Gasteiger partial charge in [-0.2, -0.15) is 10.4 Å². The minimum absolute atomic E-state index is 0.137. The molecule has 0 fully saturated rings. The zero-order valence-electron chi connectivity index (χ0n) is 16.8. The van der Waals surface area contributed by atoms with Crippen LogP contribution < -0.4 is 10.2 Å². The Balaban J connectivity index is 1.43. The second kappa shape index (κ2) is 10.1. The quantitative estimate of drug-likeness (QED) is 0.216. The molecular weight excluding hydrogens is 529 g/mol. The molecule has 1 N–H and O–H groups in total. The number of halogens is 3. The summed E-state index contributed by atoms with van der Waals surface area (Å²) in [6.45, 7) is 0.140. The number of hydrogen-bond acceptors (Lipinski definition) is 5. The van der Waals surface area contributed by atoms with E-state index in [1.165, 1.54) is 6.21 Å². The summed E-state index contributed by atoms with van der Waals surface area (Å²) in [6.07, 6.45) is 1.41. The average molecular weight is 543 g/mol. The number of nitrogens with zero attached hydrogens (tertiary/aromatic N) is 2. The Morgan fingerprint density at radius 2 is 1.91 bits per heavy atom. The molecule has 4 rings (SSSR count). The molecule has 0 aliphatic rings. The minimum atomic E-state index is -0.494. The Bertz CT molecular complexity index is 1400. The smallest absolute Gasteiger partial charge is 0.307 e. The first kappa shape index (κ1) is 22.9. The van der Waals surface area contributed by atoms with E-state index < -0.39 is 5.91 Å². The third-order valence-electron chi connectivity index (χ3n) is 4.61. The van der Waals surface area contributed by atoms with E-state index >= 15 is 0 Å². The van der Waals surface area contributed by atoms with Crippen LogP contribution in [0, 0.1) is 11.3 Å². The van der Waals surface area contributed by atoms with Gasteiger partial charge in [-0.15, -0.1) is 0 Å². The summed E-state index contributed by atoms with van der Waals surface area (Å²) in [5.74, 6) is -0.0645. The summed E-state index contributed by atoms with van der Waals surface area (Å²) in [4.78, 5) is 12.3. The maximum Gasteiger partial charge on any atom is 0.307 e. The van der Waals surface area contributed by atoms with Crippen molar-refractivity contribution in [3.63, 3.8) is 0 Å². The number of ether oxygens (including phenoxy) is 1. The summed E-state index contributed by atoms with van der Waals surface area (Å²) < 4.78 is 12.2. The second-order valence-corrected chi connectivity index (χ2v) is 8.59. The van der Waals surface area contributed by atoms with E-state index in [9.17, 15) is 10.1 Å². The van der Waals surface area contributed by atoms with Crippen molar-refractivity contribution in [2.24, 2.45) is 5.10 Å². The summed E-state index contributed by atoms with van der Waals surface area (Å²) in [7, 11) is 0. The van der Waals surface area contributed by atoms with Gasteiger partial charge in [0.2, 0.25) is 0 Å². The zero-order chi connectivity index (χ0) is 23.4. The van der Waals surface area contributed by atoms with Crippen LogP contribution in [0.25, 0.3) is 11.0 Å². The molecule has 164 valence electrons. The summed E-state index contributed by atoms with van der Waals surface area (Å²) in [5, 5.41) is 14.5. The van der Waals surface area contributed by atoms with E-state index in [0.29, 0.717) is 22.5 Å². The van der Waals surface area contributed by atoms with Crippen LogP contribution in [0.4, 0.5) is 0 Å². The average Bonchev–Trinajstić information content (AvgIpc) is 3.22. The molecule has 0 radical (unpaired) electrons. The maximum absolute atomic E-state index is 12.3. The van der Waals surface area contributed by atoms with Crippen LogP contribution in [0.3, 0.4) is 0 Å². The third-order valence-corrected chi connectivity index (χ3v) is 5.67. The predicted octanol–water partition coefficient (Wildman–Crippen LogP) is 6.72. The Labute approximate surface area is 207 Å². The van der Waals surface area contributed by atoms with Crippen LogP contribution in [0.5, 0.6) is 5.75 Å². The molecule has 0 saturated carbocycles. The molecule has 9 heteroatoms. The summed E-state index contributed by atoms with van der Waals surface area (Å²) in [6, 6.07) is 19.5. The SMILES string of the molecule is N#Cc1ccccc1COc1c(Cl)cc(C=NNC(=O)c2cc3cc(Br)ccc3o2)cc1Cl. The third kappa shape index (κ3) is 5.37. The number of hydrazone groups is 1. The highest BCUT2D eigenvalue weighted by Gasteiger charge is 2.13. The Morgan fingerprint density at radius 1 is 1.15 bits per heavy atom. The van der Waals surface area contributed by atoms with E-state index in [1.54, 1.807) is 42.5 Å². The van der Waals surface area contributed by atoms with Crippen LogP contribution >= 0.6 is 39.1 Å². The molecule has 1 heterocycles. The van der Waals surface area contributed by atoms with Crippen molar-refractivity contribution < 1.29 is 13.9 Å². The Morgan fingerprint density at radius 3 is 2.67 bits per heavy atom. The van der Waals surface area contributed by atoms with E-state index in [4.69, 9.17) is 32.4 Å². The van der Waals surface area contributed by atoms with Gasteiger partial charge in [0.15, 0.2) is 11.5 Å². The lowest BCUT2D eigenvalue weighted by Crippen LogP contribution is -2.16. The highest BCUT2D eigenvalue weighted by Crippen LogP contribution is 2.34. The van der Waals surface area contributed by atoms with Gasteiger partial charge in [0.05, 0.1) is 27.9 Å². The number of carbonyl (C=O) groups is 1. The second-order valence-electron chi connectivity index (χ2n) is 6.86. The molecule has 0 bridgehead atoms. The fourth-order valence-corrected chi connectivity index (χ4v) is 4.04. The number of hydrogen-bond donors (Lipinski definition) is 1. The number of furan rings is 1. The molecule has 4 aromatic rings. The Kier molecular flexibility index (Phi) is 6.99. The molecular formula is C24H14BrCl2N3O3. The van der Waals surface area contributed by atoms with Crippen molar-refractivity contribution in [2.75, 3.05) is 0 Å². The topological polar surface area (TPSA) is 87.6 Å². The molecule has 1 amide bonds. The Hall–Kier alpha value is -3.31. The molecule has 0 saturated heterocycles. The number of rotatable bonds is 6. The minimum Gasteiger partial charge on any atom is -0.486 e. The van der Waals surface area contributed by atoms with Gasteiger partial charge in [-0.05, 0) is 48.0 Å². The molecule has 33 heavy (non-hydrogen) atoms. The van der Waals surface area contributed by atoms with Crippen molar-refractivity contribution in [1.29, 1.82) is 5.26 Å². The van der Waals surface area contributed by atoms with Crippen molar-refractivity contribution >= 4 is 62.2 Å². The van der Waals surface area contributed by atoms with Crippen LogP contribution in [0.1, 0.15) is 27.2 Å². The molecule has 0 atom stereocenters. The van der Waals surface area contributed by atoms with Crippen molar-refractivity contribution in [2.45, 2.75) is 6.61 Å². The fourth-order valence-electron chi connectivity index (χ4n) is 3.04. The summed E-state index contributed by atoms with van der Waals surface area (Å²) in [5.41, 5.74) is 4.80. The standard InChI is InChI=1S/C24H14BrCl2N3O3/c25-18-5-6-21-17(9-18)10-22(33-21)24(31)30-29-12-14-7-19(26)23(20(27)8-14)32-13-16-4-2-1-3-15(16)11-28/h1-10,12H,13H2,(H,30,31). The molecule has 1 aromatic heterocycles. The lowest BCUT2D eigenvalue weighted by atomic mass is 10.1. The van der Waals surface area contributed by atoms with Crippen molar-refractivity contribution in [1.82, 2.24) is 5.43 Å². The molecule has 0 spiro atoms. The van der Waals surface area contributed by atoms with Gasteiger partial charge in [0.25, 0.3) is 0 Å². The number of carbonyl (C=O) groups excluding carboxylic acids is 1. The molecule has 3 aromatic carbocycles. The van der Waals surface area contributed by atoms with Gasteiger partial charge < -0.3 is 9.15 Å². The first-order valence-electron chi connectivity index (χ1n) is 9.57. The first-order chi connectivity index (χ1) is 15.9. The summed E-state index contributed by atoms with van der Waals surface area (Å²) >= 11 is 16.0. The van der Waals surface area contributed by atoms with Gasteiger partial charge in [-0.25, -0.2) is 5.43 Å². The fraction of sp³-hybridized carbons (Fsp3) is 0.0417. The number of nitriles is 1. The van der Waals surface area contributed by atoms with E-state index in [-0.39, 0.29) is 22.4 Å². The number of amides is 1. The largest absolute Gasteiger partial charge is 0.486 e. The first-order valence-corrected chi connectivity index (χ1v) is 11.1. The normalized spacial score (nSPS) is 11.0. The van der Waals surface area contributed by atoms with Crippen molar-refractivity contribution in [3.8, 4) is 11.8 Å². The number of benzene rings is 3. The zero-order valence-corrected chi connectivity index (χ0v) is 19.9. The number of nitrogens with one attached hydrogen (secondary N) is 1. The molecule has 0 aliphatic carbocycles. The van der Waals surface area contributed by atoms with E-state index in [1.807, 2.05) is 18.2 Å². The molecule has 0 unspecified atom stereocenters. The van der Waals surface area contributed by atoms with Gasteiger partial charge in [0.1, 0.15) is 12.2 Å². The van der Waals surface area contributed by atoms with Crippen molar-refractivity contribution in [3.05, 3.63) is 97.6 Å².